The molecule has 6 heteroatoms. The van der Waals surface area contributed by atoms with E-state index in [1.807, 2.05) is 48.5 Å². The van der Waals surface area contributed by atoms with Crippen LogP contribution in [0.5, 0.6) is 5.75 Å². The van der Waals surface area contributed by atoms with Gasteiger partial charge in [-0.05, 0) is 41.0 Å². The summed E-state index contributed by atoms with van der Waals surface area (Å²) in [6.07, 6.45) is 1.57. The SMILES string of the molecule is CC1(C)C(c2ccccc2)=NN(c2ccc(/C=N/NC(=O)c3ccccc3O)cc2)C1c1ccccc1. The first-order chi connectivity index (χ1) is 17.9. The van der Waals surface area contributed by atoms with Crippen molar-refractivity contribution in [2.24, 2.45) is 15.6 Å². The van der Waals surface area contributed by atoms with Crippen LogP contribution in [0.25, 0.3) is 0 Å². The number of aromatic hydroxyl groups is 1. The third kappa shape index (κ3) is 4.86. The van der Waals surface area contributed by atoms with Crippen LogP contribution in [0.1, 0.15) is 46.9 Å². The van der Waals surface area contributed by atoms with Crippen molar-refractivity contribution in [1.82, 2.24) is 5.43 Å². The lowest BCUT2D eigenvalue weighted by molar-refractivity contribution is 0.0952. The molecule has 1 amide bonds. The number of carbonyl (C=O) groups excluding carboxylic acids is 1. The average Bonchev–Trinajstić information content (AvgIpc) is 3.21. The van der Waals surface area contributed by atoms with Crippen molar-refractivity contribution in [3.8, 4) is 5.75 Å². The Morgan fingerprint density at radius 2 is 1.51 bits per heavy atom. The van der Waals surface area contributed by atoms with Gasteiger partial charge in [-0.25, -0.2) is 5.43 Å². The summed E-state index contributed by atoms with van der Waals surface area (Å²) in [5, 5.41) is 21.1. The molecule has 4 aromatic rings. The predicted octanol–water partition coefficient (Wildman–Crippen LogP) is 6.15. The highest BCUT2D eigenvalue weighted by Gasteiger charge is 2.46. The van der Waals surface area contributed by atoms with Crippen LogP contribution in [0.3, 0.4) is 0 Å². The number of benzene rings is 4. The molecule has 0 saturated carbocycles. The lowest BCUT2D eigenvalue weighted by Gasteiger charge is -2.33. The molecule has 0 spiro atoms. The Balaban J connectivity index is 1.40. The minimum Gasteiger partial charge on any atom is -0.507 e. The molecular weight excluding hydrogens is 460 g/mol. The zero-order valence-electron chi connectivity index (χ0n) is 20.7. The summed E-state index contributed by atoms with van der Waals surface area (Å²) in [4.78, 5) is 12.3. The average molecular weight is 489 g/mol. The van der Waals surface area contributed by atoms with Gasteiger partial charge in [0.1, 0.15) is 5.75 Å². The van der Waals surface area contributed by atoms with Crippen LogP contribution in [-0.4, -0.2) is 22.9 Å². The fraction of sp³-hybridized carbons (Fsp3) is 0.129. The van der Waals surface area contributed by atoms with Gasteiger partial charge in [0.25, 0.3) is 5.91 Å². The number of nitrogens with one attached hydrogen (secondary N) is 1. The number of rotatable bonds is 6. The number of anilines is 1. The van der Waals surface area contributed by atoms with E-state index in [-0.39, 0.29) is 22.8 Å². The summed E-state index contributed by atoms with van der Waals surface area (Å²) in [5.41, 5.74) is 7.52. The number of amides is 1. The van der Waals surface area contributed by atoms with Crippen molar-refractivity contribution in [2.45, 2.75) is 19.9 Å². The van der Waals surface area contributed by atoms with Crippen LogP contribution in [0.15, 0.2) is 119 Å². The van der Waals surface area contributed by atoms with E-state index in [1.54, 1.807) is 24.4 Å². The molecule has 1 unspecified atom stereocenters. The van der Waals surface area contributed by atoms with Gasteiger partial charge < -0.3 is 5.11 Å². The van der Waals surface area contributed by atoms with Gasteiger partial charge in [0, 0.05) is 5.41 Å². The monoisotopic (exact) mass is 488 g/mol. The quantitative estimate of drug-likeness (QED) is 0.253. The number of para-hydroxylation sites is 1. The highest BCUT2D eigenvalue weighted by Crippen LogP contribution is 2.48. The molecule has 2 N–H and O–H groups in total. The Labute approximate surface area is 216 Å². The van der Waals surface area contributed by atoms with E-state index in [0.29, 0.717) is 0 Å². The number of hydrogen-bond donors (Lipinski definition) is 2. The topological polar surface area (TPSA) is 77.3 Å². The lowest BCUT2D eigenvalue weighted by atomic mass is 9.75. The first kappa shape index (κ1) is 24.0. The molecule has 5 rings (SSSR count). The molecule has 0 saturated heterocycles. The van der Waals surface area contributed by atoms with Crippen LogP contribution in [0.4, 0.5) is 5.69 Å². The fourth-order valence-electron chi connectivity index (χ4n) is 4.76. The van der Waals surface area contributed by atoms with E-state index in [1.165, 1.54) is 11.6 Å². The molecule has 0 fully saturated rings. The van der Waals surface area contributed by atoms with Gasteiger partial charge in [-0.2, -0.15) is 10.2 Å². The van der Waals surface area contributed by atoms with Crippen LogP contribution in [-0.2, 0) is 0 Å². The predicted molar refractivity (Wildman–Crippen MR) is 148 cm³/mol. The summed E-state index contributed by atoms with van der Waals surface area (Å²) in [5.74, 6) is -0.560. The first-order valence-corrected chi connectivity index (χ1v) is 12.2. The first-order valence-electron chi connectivity index (χ1n) is 12.2. The molecule has 0 radical (unpaired) electrons. The second-order valence-electron chi connectivity index (χ2n) is 9.50. The summed E-state index contributed by atoms with van der Waals surface area (Å²) in [7, 11) is 0. The van der Waals surface area contributed by atoms with E-state index in [2.05, 4.69) is 65.8 Å². The highest BCUT2D eigenvalue weighted by molar-refractivity contribution is 6.07. The van der Waals surface area contributed by atoms with Crippen molar-refractivity contribution in [1.29, 1.82) is 0 Å². The van der Waals surface area contributed by atoms with E-state index >= 15 is 0 Å². The van der Waals surface area contributed by atoms with Gasteiger partial charge in [-0.3, -0.25) is 9.80 Å². The van der Waals surface area contributed by atoms with E-state index < -0.39 is 5.91 Å². The zero-order valence-corrected chi connectivity index (χ0v) is 20.7. The van der Waals surface area contributed by atoms with Crippen molar-refractivity contribution in [3.63, 3.8) is 0 Å². The van der Waals surface area contributed by atoms with Crippen LogP contribution < -0.4 is 10.4 Å². The Morgan fingerprint density at radius 3 is 2.19 bits per heavy atom. The molecule has 0 aliphatic carbocycles. The fourth-order valence-corrected chi connectivity index (χ4v) is 4.76. The molecule has 184 valence electrons. The molecule has 1 aliphatic rings. The summed E-state index contributed by atoms with van der Waals surface area (Å²) in [6, 6.07) is 35.0. The van der Waals surface area contributed by atoms with Crippen molar-refractivity contribution < 1.29 is 9.90 Å². The maximum Gasteiger partial charge on any atom is 0.275 e. The van der Waals surface area contributed by atoms with Crippen molar-refractivity contribution >= 4 is 23.5 Å². The Bertz CT molecular complexity index is 1450. The minimum atomic E-state index is -0.473. The van der Waals surface area contributed by atoms with Gasteiger partial charge in [0.2, 0.25) is 0 Å². The molecule has 1 aliphatic heterocycles. The number of hydrogen-bond acceptors (Lipinski definition) is 5. The Kier molecular flexibility index (Phi) is 6.56. The summed E-state index contributed by atoms with van der Waals surface area (Å²) >= 11 is 0. The van der Waals surface area contributed by atoms with Crippen LogP contribution in [0.2, 0.25) is 0 Å². The second kappa shape index (κ2) is 10.1. The normalized spacial score (nSPS) is 16.5. The van der Waals surface area contributed by atoms with Gasteiger partial charge >= 0.3 is 0 Å². The molecule has 0 bridgehead atoms. The van der Waals surface area contributed by atoms with E-state index in [9.17, 15) is 9.90 Å². The van der Waals surface area contributed by atoms with Crippen LogP contribution in [0, 0.1) is 5.41 Å². The maximum absolute atomic E-state index is 12.3. The zero-order chi connectivity index (χ0) is 25.8. The standard InChI is InChI=1S/C31H28N4O2/c1-31(2)28(23-11-5-3-6-12-23)34-35(29(31)24-13-7-4-8-14-24)25-19-17-22(18-20-25)21-32-33-30(37)26-15-9-10-16-27(26)36/h3-21,29,36H,1-2H3,(H,33,37)/b32-21+. The van der Waals surface area contributed by atoms with Gasteiger partial charge in [-0.1, -0.05) is 98.8 Å². The number of phenols is 1. The van der Waals surface area contributed by atoms with Gasteiger partial charge in [0.15, 0.2) is 0 Å². The third-order valence-electron chi connectivity index (χ3n) is 6.59. The second-order valence-corrected chi connectivity index (χ2v) is 9.50. The number of phenolic OH excluding ortho intramolecular Hbond substituents is 1. The van der Waals surface area contributed by atoms with Crippen molar-refractivity contribution in [3.05, 3.63) is 131 Å². The van der Waals surface area contributed by atoms with Gasteiger partial charge in [0.05, 0.1) is 29.2 Å². The minimum absolute atomic E-state index is 0.0151. The molecule has 6 nitrogen and oxygen atoms in total. The molecule has 0 aromatic heterocycles. The summed E-state index contributed by atoms with van der Waals surface area (Å²) in [6.45, 7) is 4.48. The number of carbonyl (C=O) groups is 1. The summed E-state index contributed by atoms with van der Waals surface area (Å²) < 4.78 is 0. The highest BCUT2D eigenvalue weighted by atomic mass is 16.3. The molecule has 4 aromatic carbocycles. The van der Waals surface area contributed by atoms with E-state index in [0.717, 1.165) is 22.5 Å². The molecule has 1 atom stereocenters. The lowest BCUT2D eigenvalue weighted by Crippen LogP contribution is -2.32. The molecule has 37 heavy (non-hydrogen) atoms. The van der Waals surface area contributed by atoms with Crippen LogP contribution >= 0.6 is 0 Å². The van der Waals surface area contributed by atoms with Crippen molar-refractivity contribution in [2.75, 3.05) is 5.01 Å². The maximum atomic E-state index is 12.3. The van der Waals surface area contributed by atoms with Gasteiger partial charge in [-0.15, -0.1) is 0 Å². The largest absolute Gasteiger partial charge is 0.507 e. The third-order valence-corrected chi connectivity index (χ3v) is 6.59. The molecule has 1 heterocycles. The number of nitrogens with zero attached hydrogens (tertiary/aromatic N) is 3. The Hall–Kier alpha value is -4.71. The number of hydrazone groups is 2. The Morgan fingerprint density at radius 1 is 0.892 bits per heavy atom. The smallest absolute Gasteiger partial charge is 0.275 e. The van der Waals surface area contributed by atoms with E-state index in [4.69, 9.17) is 5.10 Å². The molecular formula is C31H28N4O2.